The summed E-state index contributed by atoms with van der Waals surface area (Å²) in [5, 5.41) is 16.8. The van der Waals surface area contributed by atoms with Gasteiger partial charge in [-0.1, -0.05) is 6.07 Å². The molecule has 0 unspecified atom stereocenters. The van der Waals surface area contributed by atoms with Gasteiger partial charge in [-0.15, -0.1) is 0 Å². The number of amides is 2. The van der Waals surface area contributed by atoms with E-state index in [1.54, 1.807) is 22.9 Å². The molecular formula is C15H16N6O3. The summed E-state index contributed by atoms with van der Waals surface area (Å²) in [4.78, 5) is 24.1. The third-order valence-corrected chi connectivity index (χ3v) is 3.83. The molecule has 0 aliphatic carbocycles. The molecule has 2 amide bonds. The van der Waals surface area contributed by atoms with Crippen LogP contribution in [0.1, 0.15) is 17.0 Å². The molecular weight excluding hydrogens is 312 g/mol. The van der Waals surface area contributed by atoms with E-state index in [2.05, 4.69) is 30.7 Å². The molecule has 9 nitrogen and oxygen atoms in total. The van der Waals surface area contributed by atoms with Crippen molar-refractivity contribution in [3.05, 3.63) is 35.2 Å². The molecule has 0 saturated carbocycles. The second kappa shape index (κ2) is 6.11. The molecule has 1 aromatic carbocycles. The van der Waals surface area contributed by atoms with Crippen LogP contribution < -0.4 is 10.6 Å². The lowest BCUT2D eigenvalue weighted by Crippen LogP contribution is -2.35. The highest BCUT2D eigenvalue weighted by atomic mass is 16.6. The van der Waals surface area contributed by atoms with Crippen LogP contribution in [0.3, 0.4) is 0 Å². The Morgan fingerprint density at radius 2 is 2.00 bits per heavy atom. The number of hydrogen-bond donors (Lipinski definition) is 2. The van der Waals surface area contributed by atoms with Crippen LogP contribution in [0, 0.1) is 13.8 Å². The van der Waals surface area contributed by atoms with Gasteiger partial charge in [0.2, 0.25) is 0 Å². The largest absolute Gasteiger partial charge is 0.344 e. The maximum absolute atomic E-state index is 12.1. The first-order valence-electron chi connectivity index (χ1n) is 7.27. The highest BCUT2D eigenvalue weighted by Crippen LogP contribution is 2.19. The maximum Gasteiger partial charge on any atom is 0.313 e. The van der Waals surface area contributed by atoms with E-state index < -0.39 is 11.8 Å². The summed E-state index contributed by atoms with van der Waals surface area (Å²) in [7, 11) is 1.83. The van der Waals surface area contributed by atoms with Crippen molar-refractivity contribution in [3.8, 4) is 0 Å². The third-order valence-electron chi connectivity index (χ3n) is 3.83. The van der Waals surface area contributed by atoms with Gasteiger partial charge in [0.1, 0.15) is 5.52 Å². The van der Waals surface area contributed by atoms with E-state index in [0.717, 1.165) is 17.0 Å². The molecule has 0 aliphatic heterocycles. The molecule has 3 aromatic rings. The Morgan fingerprint density at radius 1 is 1.21 bits per heavy atom. The Bertz CT molecular complexity index is 927. The molecule has 2 aromatic heterocycles. The summed E-state index contributed by atoms with van der Waals surface area (Å²) in [5.41, 5.74) is 3.89. The van der Waals surface area contributed by atoms with Gasteiger partial charge in [0.15, 0.2) is 5.52 Å². The molecule has 0 atom stereocenters. The van der Waals surface area contributed by atoms with Gasteiger partial charge in [-0.3, -0.25) is 14.3 Å². The molecule has 0 fully saturated rings. The van der Waals surface area contributed by atoms with Crippen LogP contribution in [0.5, 0.6) is 0 Å². The standard InChI is InChI=1S/C15H16N6O3/c1-8-10(9(2)21(3)18-8)7-16-14(22)15(23)17-11-5-4-6-12-13(11)20-24-19-12/h4-6H,7H2,1-3H3,(H,16,22)(H,17,23). The molecule has 3 rings (SSSR count). The van der Waals surface area contributed by atoms with Gasteiger partial charge in [-0.2, -0.15) is 5.10 Å². The second-order valence-electron chi connectivity index (χ2n) is 5.35. The smallest absolute Gasteiger partial charge is 0.313 e. The number of rotatable bonds is 3. The van der Waals surface area contributed by atoms with Crippen molar-refractivity contribution in [1.82, 2.24) is 25.4 Å². The fourth-order valence-corrected chi connectivity index (χ4v) is 2.41. The van der Waals surface area contributed by atoms with E-state index in [1.807, 2.05) is 20.9 Å². The molecule has 2 N–H and O–H groups in total. The minimum Gasteiger partial charge on any atom is -0.344 e. The molecule has 0 bridgehead atoms. The monoisotopic (exact) mass is 328 g/mol. The summed E-state index contributed by atoms with van der Waals surface area (Å²) in [6, 6.07) is 4.99. The van der Waals surface area contributed by atoms with Gasteiger partial charge in [-0.25, -0.2) is 4.63 Å². The predicted octanol–water partition coefficient (Wildman–Crippen LogP) is 0.828. The van der Waals surface area contributed by atoms with Gasteiger partial charge in [0, 0.05) is 24.8 Å². The quantitative estimate of drug-likeness (QED) is 0.688. The predicted molar refractivity (Wildman–Crippen MR) is 85.0 cm³/mol. The van der Waals surface area contributed by atoms with E-state index >= 15 is 0 Å². The van der Waals surface area contributed by atoms with E-state index in [-0.39, 0.29) is 6.54 Å². The number of aryl methyl sites for hydroxylation is 2. The van der Waals surface area contributed by atoms with Crippen molar-refractivity contribution in [3.63, 3.8) is 0 Å². The third kappa shape index (κ3) is 2.83. The molecule has 0 spiro atoms. The Hall–Kier alpha value is -3.23. The molecule has 0 saturated heterocycles. The van der Waals surface area contributed by atoms with Crippen molar-refractivity contribution in [1.29, 1.82) is 0 Å². The van der Waals surface area contributed by atoms with Crippen molar-refractivity contribution >= 4 is 28.5 Å². The zero-order valence-electron chi connectivity index (χ0n) is 13.5. The maximum atomic E-state index is 12.1. The minimum absolute atomic E-state index is 0.230. The van der Waals surface area contributed by atoms with Gasteiger partial charge in [-0.05, 0) is 36.3 Å². The topological polar surface area (TPSA) is 115 Å². The Morgan fingerprint density at radius 3 is 2.71 bits per heavy atom. The van der Waals surface area contributed by atoms with Crippen molar-refractivity contribution in [2.24, 2.45) is 7.05 Å². The number of nitrogens with zero attached hydrogens (tertiary/aromatic N) is 4. The number of hydrogen-bond acceptors (Lipinski definition) is 6. The number of carbonyl (C=O) groups is 2. The summed E-state index contributed by atoms with van der Waals surface area (Å²) in [6.45, 7) is 3.99. The normalized spacial score (nSPS) is 10.8. The van der Waals surface area contributed by atoms with Gasteiger partial charge < -0.3 is 10.6 Å². The lowest BCUT2D eigenvalue weighted by Gasteiger charge is -2.07. The zero-order valence-corrected chi connectivity index (χ0v) is 13.5. The summed E-state index contributed by atoms with van der Waals surface area (Å²) in [5.74, 6) is -1.53. The molecule has 24 heavy (non-hydrogen) atoms. The van der Waals surface area contributed by atoms with Crippen LogP contribution in [-0.2, 0) is 23.2 Å². The Balaban J connectivity index is 1.67. The number of anilines is 1. The number of nitrogens with one attached hydrogen (secondary N) is 2. The van der Waals surface area contributed by atoms with Crippen LogP contribution in [0.4, 0.5) is 5.69 Å². The molecule has 9 heteroatoms. The van der Waals surface area contributed by atoms with Crippen molar-refractivity contribution in [2.75, 3.05) is 5.32 Å². The number of aromatic nitrogens is 4. The van der Waals surface area contributed by atoms with Gasteiger partial charge in [0.25, 0.3) is 0 Å². The molecule has 0 aliphatic rings. The highest BCUT2D eigenvalue weighted by molar-refractivity contribution is 6.40. The molecule has 0 radical (unpaired) electrons. The van der Waals surface area contributed by atoms with Crippen molar-refractivity contribution < 1.29 is 14.2 Å². The summed E-state index contributed by atoms with van der Waals surface area (Å²) in [6.07, 6.45) is 0. The van der Waals surface area contributed by atoms with Crippen LogP contribution >= 0.6 is 0 Å². The van der Waals surface area contributed by atoms with Crippen LogP contribution in [0.25, 0.3) is 11.0 Å². The fourth-order valence-electron chi connectivity index (χ4n) is 2.41. The summed E-state index contributed by atoms with van der Waals surface area (Å²) < 4.78 is 6.35. The first-order valence-corrected chi connectivity index (χ1v) is 7.27. The lowest BCUT2D eigenvalue weighted by molar-refractivity contribution is -0.136. The second-order valence-corrected chi connectivity index (χ2v) is 5.35. The van der Waals surface area contributed by atoms with Crippen LogP contribution in [0.2, 0.25) is 0 Å². The average Bonchev–Trinajstić information content (AvgIpc) is 3.12. The van der Waals surface area contributed by atoms with Crippen LogP contribution in [0.15, 0.2) is 22.8 Å². The molecule has 124 valence electrons. The fraction of sp³-hybridized carbons (Fsp3) is 0.267. The Kier molecular flexibility index (Phi) is 3.98. The zero-order chi connectivity index (χ0) is 17.3. The lowest BCUT2D eigenvalue weighted by atomic mass is 10.2. The number of fused-ring (bicyclic) bond motifs is 1. The first kappa shape index (κ1) is 15.7. The Labute approximate surface area is 137 Å². The first-order chi connectivity index (χ1) is 11.5. The van der Waals surface area contributed by atoms with Crippen LogP contribution in [-0.4, -0.2) is 31.9 Å². The highest BCUT2D eigenvalue weighted by Gasteiger charge is 2.18. The number of carbonyl (C=O) groups excluding carboxylic acids is 2. The van der Waals surface area contributed by atoms with Gasteiger partial charge in [0.05, 0.1) is 11.4 Å². The van der Waals surface area contributed by atoms with E-state index in [1.165, 1.54) is 0 Å². The summed E-state index contributed by atoms with van der Waals surface area (Å²) >= 11 is 0. The van der Waals surface area contributed by atoms with E-state index in [4.69, 9.17) is 0 Å². The van der Waals surface area contributed by atoms with E-state index in [9.17, 15) is 9.59 Å². The minimum atomic E-state index is -0.787. The SMILES string of the molecule is Cc1nn(C)c(C)c1CNC(=O)C(=O)Nc1cccc2nonc12. The van der Waals surface area contributed by atoms with E-state index in [0.29, 0.717) is 16.7 Å². The number of benzene rings is 1. The molecule has 2 heterocycles. The van der Waals surface area contributed by atoms with Gasteiger partial charge >= 0.3 is 11.8 Å². The van der Waals surface area contributed by atoms with Crippen molar-refractivity contribution in [2.45, 2.75) is 20.4 Å². The average molecular weight is 328 g/mol.